The molecule has 0 aromatic heterocycles. The zero-order valence-electron chi connectivity index (χ0n) is 8.51. The number of hydrogen-bond donors (Lipinski definition) is 1. The molecule has 1 rings (SSSR count). The Bertz CT molecular complexity index is 170. The molecule has 0 aromatic rings. The van der Waals surface area contributed by atoms with Crippen LogP contribution >= 0.6 is 0 Å². The van der Waals surface area contributed by atoms with Crippen LogP contribution < -0.4 is 5.32 Å². The standard InChI is InChI=1S/C10H19NO2/c1-3-13-10(12)11-9-6-4-5-8(2)7-9/h8-9H,3-7H2,1-2H3,(H,11,12). The molecule has 0 bridgehead atoms. The van der Waals surface area contributed by atoms with E-state index in [-0.39, 0.29) is 6.09 Å². The topological polar surface area (TPSA) is 38.3 Å². The van der Waals surface area contributed by atoms with Crippen molar-refractivity contribution in [3.63, 3.8) is 0 Å². The largest absolute Gasteiger partial charge is 0.450 e. The smallest absolute Gasteiger partial charge is 0.407 e. The molecule has 0 aromatic carbocycles. The van der Waals surface area contributed by atoms with E-state index in [0.29, 0.717) is 12.6 Å². The summed E-state index contributed by atoms with van der Waals surface area (Å²) in [5.74, 6) is 0.737. The highest BCUT2D eigenvalue weighted by atomic mass is 16.5. The number of carbonyl (C=O) groups excluding carboxylic acids is 1. The maximum Gasteiger partial charge on any atom is 0.407 e. The van der Waals surface area contributed by atoms with Crippen molar-refractivity contribution in [2.24, 2.45) is 5.92 Å². The van der Waals surface area contributed by atoms with Gasteiger partial charge in [-0.25, -0.2) is 4.79 Å². The molecule has 3 nitrogen and oxygen atoms in total. The molecule has 1 saturated carbocycles. The van der Waals surface area contributed by atoms with E-state index >= 15 is 0 Å². The number of nitrogens with one attached hydrogen (secondary N) is 1. The molecule has 0 spiro atoms. The highest BCUT2D eigenvalue weighted by Crippen LogP contribution is 2.23. The maximum atomic E-state index is 11.1. The third kappa shape index (κ3) is 3.66. The Morgan fingerprint density at radius 2 is 2.31 bits per heavy atom. The lowest BCUT2D eigenvalue weighted by molar-refractivity contribution is 0.143. The van der Waals surface area contributed by atoms with Crippen LogP contribution in [-0.4, -0.2) is 18.7 Å². The van der Waals surface area contributed by atoms with Gasteiger partial charge in [0, 0.05) is 6.04 Å². The van der Waals surface area contributed by atoms with Crippen LogP contribution in [0.3, 0.4) is 0 Å². The van der Waals surface area contributed by atoms with E-state index in [2.05, 4.69) is 12.2 Å². The third-order valence-corrected chi connectivity index (χ3v) is 2.53. The van der Waals surface area contributed by atoms with Gasteiger partial charge in [-0.05, 0) is 25.7 Å². The first-order chi connectivity index (χ1) is 6.22. The van der Waals surface area contributed by atoms with Gasteiger partial charge in [-0.15, -0.1) is 0 Å². The normalized spacial score (nSPS) is 28.2. The van der Waals surface area contributed by atoms with Crippen molar-refractivity contribution < 1.29 is 9.53 Å². The molecule has 0 aliphatic heterocycles. The summed E-state index contributed by atoms with van der Waals surface area (Å²) in [4.78, 5) is 11.1. The van der Waals surface area contributed by atoms with Gasteiger partial charge in [0.2, 0.25) is 0 Å². The molecule has 1 aliphatic rings. The molecule has 1 amide bonds. The van der Waals surface area contributed by atoms with E-state index in [1.54, 1.807) is 0 Å². The number of rotatable bonds is 2. The quantitative estimate of drug-likeness (QED) is 0.717. The first kappa shape index (κ1) is 10.4. The van der Waals surface area contributed by atoms with Crippen LogP contribution in [0.5, 0.6) is 0 Å². The Labute approximate surface area is 79.8 Å². The number of carbonyl (C=O) groups is 1. The van der Waals surface area contributed by atoms with Crippen molar-refractivity contribution in [2.45, 2.75) is 45.6 Å². The highest BCUT2D eigenvalue weighted by molar-refractivity contribution is 5.67. The predicted molar refractivity (Wildman–Crippen MR) is 51.6 cm³/mol. The summed E-state index contributed by atoms with van der Waals surface area (Å²) < 4.78 is 4.83. The second-order valence-corrected chi connectivity index (χ2v) is 3.83. The summed E-state index contributed by atoms with van der Waals surface area (Å²) in [6.07, 6.45) is 4.45. The zero-order chi connectivity index (χ0) is 9.68. The molecule has 1 fully saturated rings. The summed E-state index contributed by atoms with van der Waals surface area (Å²) in [6.45, 7) is 4.51. The first-order valence-corrected chi connectivity index (χ1v) is 5.15. The van der Waals surface area contributed by atoms with Gasteiger partial charge < -0.3 is 10.1 Å². The molecule has 0 saturated heterocycles. The third-order valence-electron chi connectivity index (χ3n) is 2.53. The lowest BCUT2D eigenvalue weighted by Crippen LogP contribution is -2.38. The fraction of sp³-hybridized carbons (Fsp3) is 0.900. The fourth-order valence-corrected chi connectivity index (χ4v) is 1.90. The van der Waals surface area contributed by atoms with E-state index < -0.39 is 0 Å². The molecular formula is C10H19NO2. The van der Waals surface area contributed by atoms with Crippen molar-refractivity contribution in [2.75, 3.05) is 6.61 Å². The summed E-state index contributed by atoms with van der Waals surface area (Å²) in [7, 11) is 0. The molecule has 76 valence electrons. The Balaban J connectivity index is 2.23. The minimum Gasteiger partial charge on any atom is -0.450 e. The summed E-state index contributed by atoms with van der Waals surface area (Å²) >= 11 is 0. The Morgan fingerprint density at radius 1 is 1.54 bits per heavy atom. The molecule has 0 heterocycles. The first-order valence-electron chi connectivity index (χ1n) is 5.15. The summed E-state index contributed by atoms with van der Waals surface area (Å²) in [6, 6.07) is 0.336. The predicted octanol–water partition coefficient (Wildman–Crippen LogP) is 2.31. The van der Waals surface area contributed by atoms with Crippen LogP contribution in [0.15, 0.2) is 0 Å². The summed E-state index contributed by atoms with van der Waals surface area (Å²) in [5.41, 5.74) is 0. The minimum absolute atomic E-state index is 0.262. The molecule has 2 atom stereocenters. The van der Waals surface area contributed by atoms with E-state index in [9.17, 15) is 4.79 Å². The van der Waals surface area contributed by atoms with Crippen molar-refractivity contribution in [1.82, 2.24) is 5.32 Å². The van der Waals surface area contributed by atoms with Crippen molar-refractivity contribution >= 4 is 6.09 Å². The number of amides is 1. The average molecular weight is 185 g/mol. The van der Waals surface area contributed by atoms with E-state index in [0.717, 1.165) is 18.8 Å². The fourth-order valence-electron chi connectivity index (χ4n) is 1.90. The highest BCUT2D eigenvalue weighted by Gasteiger charge is 2.20. The maximum absolute atomic E-state index is 11.1. The minimum atomic E-state index is -0.262. The molecule has 1 aliphatic carbocycles. The lowest BCUT2D eigenvalue weighted by atomic mass is 9.87. The SMILES string of the molecule is CCOC(=O)NC1CCCC(C)C1. The van der Waals surface area contributed by atoms with Gasteiger partial charge in [0.25, 0.3) is 0 Å². The zero-order valence-corrected chi connectivity index (χ0v) is 8.51. The van der Waals surface area contributed by atoms with Gasteiger partial charge in [0.15, 0.2) is 0 Å². The van der Waals surface area contributed by atoms with E-state index in [1.807, 2.05) is 6.92 Å². The number of ether oxygens (including phenoxy) is 1. The molecule has 2 unspecified atom stereocenters. The van der Waals surface area contributed by atoms with Gasteiger partial charge in [0.1, 0.15) is 0 Å². The average Bonchev–Trinajstić information content (AvgIpc) is 2.04. The number of hydrogen-bond acceptors (Lipinski definition) is 2. The van der Waals surface area contributed by atoms with E-state index in [1.165, 1.54) is 12.8 Å². The van der Waals surface area contributed by atoms with Crippen LogP contribution in [-0.2, 0) is 4.74 Å². The molecule has 1 N–H and O–H groups in total. The van der Waals surface area contributed by atoms with Crippen molar-refractivity contribution in [1.29, 1.82) is 0 Å². The van der Waals surface area contributed by atoms with E-state index in [4.69, 9.17) is 4.74 Å². The Kier molecular flexibility index (Phi) is 4.06. The molecular weight excluding hydrogens is 166 g/mol. The van der Waals surface area contributed by atoms with Gasteiger partial charge in [-0.1, -0.05) is 19.8 Å². The van der Waals surface area contributed by atoms with Crippen LogP contribution in [0.25, 0.3) is 0 Å². The van der Waals surface area contributed by atoms with Crippen molar-refractivity contribution in [3.05, 3.63) is 0 Å². The second-order valence-electron chi connectivity index (χ2n) is 3.83. The van der Waals surface area contributed by atoms with Gasteiger partial charge >= 0.3 is 6.09 Å². The Hall–Kier alpha value is -0.730. The second kappa shape index (κ2) is 5.10. The van der Waals surface area contributed by atoms with Gasteiger partial charge in [-0.2, -0.15) is 0 Å². The number of alkyl carbamates (subject to hydrolysis) is 1. The van der Waals surface area contributed by atoms with Crippen LogP contribution in [0, 0.1) is 5.92 Å². The van der Waals surface area contributed by atoms with Crippen molar-refractivity contribution in [3.8, 4) is 0 Å². The van der Waals surface area contributed by atoms with Crippen LogP contribution in [0.2, 0.25) is 0 Å². The molecule has 13 heavy (non-hydrogen) atoms. The molecule has 3 heteroatoms. The molecule has 0 radical (unpaired) electrons. The van der Waals surface area contributed by atoms with Gasteiger partial charge in [0.05, 0.1) is 6.61 Å². The Morgan fingerprint density at radius 3 is 2.92 bits per heavy atom. The lowest BCUT2D eigenvalue weighted by Gasteiger charge is -2.26. The van der Waals surface area contributed by atoms with Crippen LogP contribution in [0.1, 0.15) is 39.5 Å². The summed E-state index contributed by atoms with van der Waals surface area (Å²) in [5, 5.41) is 2.89. The van der Waals surface area contributed by atoms with Crippen LogP contribution in [0.4, 0.5) is 4.79 Å². The monoisotopic (exact) mass is 185 g/mol. The van der Waals surface area contributed by atoms with Gasteiger partial charge in [-0.3, -0.25) is 0 Å².